The zero-order chi connectivity index (χ0) is 13.0. The molecule has 1 atom stereocenters. The van der Waals surface area contributed by atoms with Gasteiger partial charge in [-0.25, -0.2) is 4.39 Å². The molecule has 2 rings (SSSR count). The van der Waals surface area contributed by atoms with Crippen LogP contribution in [0, 0.1) is 5.82 Å². The van der Waals surface area contributed by atoms with Gasteiger partial charge in [-0.15, -0.1) is 11.8 Å². The maximum absolute atomic E-state index is 13.0. The van der Waals surface area contributed by atoms with Crippen LogP contribution in [-0.4, -0.2) is 21.6 Å². The minimum absolute atomic E-state index is 0.0215. The molecule has 0 spiro atoms. The van der Waals surface area contributed by atoms with E-state index in [9.17, 15) is 4.39 Å². The maximum atomic E-state index is 13.0. The Kier molecular flexibility index (Phi) is 4.38. The lowest BCUT2D eigenvalue weighted by Gasteiger charge is -2.09. The molecule has 1 aromatic carbocycles. The third-order valence-corrected chi connectivity index (χ3v) is 3.68. The first-order valence-electron chi connectivity index (χ1n) is 5.76. The van der Waals surface area contributed by atoms with Crippen molar-refractivity contribution in [3.63, 3.8) is 0 Å². The Bertz CT molecular complexity index is 512. The SMILES string of the molecule is Cn1ccc(CC(N)CSc2cccc(F)c2)n1. The molecule has 0 aliphatic rings. The number of benzene rings is 1. The van der Waals surface area contributed by atoms with Crippen LogP contribution in [-0.2, 0) is 13.5 Å². The van der Waals surface area contributed by atoms with Gasteiger partial charge in [-0.05, 0) is 24.3 Å². The zero-order valence-electron chi connectivity index (χ0n) is 10.2. The minimum atomic E-state index is -0.210. The highest BCUT2D eigenvalue weighted by atomic mass is 32.2. The molecule has 3 nitrogen and oxygen atoms in total. The van der Waals surface area contributed by atoms with E-state index in [1.807, 2.05) is 25.4 Å². The molecule has 0 fully saturated rings. The Morgan fingerprint density at radius 2 is 2.28 bits per heavy atom. The second-order valence-corrected chi connectivity index (χ2v) is 5.31. The van der Waals surface area contributed by atoms with Gasteiger partial charge in [-0.3, -0.25) is 4.68 Å². The van der Waals surface area contributed by atoms with Crippen LogP contribution >= 0.6 is 11.8 Å². The molecular weight excluding hydrogens is 249 g/mol. The topological polar surface area (TPSA) is 43.8 Å². The lowest BCUT2D eigenvalue weighted by Crippen LogP contribution is -2.25. The van der Waals surface area contributed by atoms with E-state index < -0.39 is 0 Å². The Morgan fingerprint density at radius 1 is 1.44 bits per heavy atom. The van der Waals surface area contributed by atoms with Crippen molar-refractivity contribution in [2.45, 2.75) is 17.4 Å². The second-order valence-electron chi connectivity index (χ2n) is 4.21. The highest BCUT2D eigenvalue weighted by Gasteiger charge is 2.07. The van der Waals surface area contributed by atoms with E-state index in [-0.39, 0.29) is 11.9 Å². The fourth-order valence-electron chi connectivity index (χ4n) is 1.66. The summed E-state index contributed by atoms with van der Waals surface area (Å²) in [6.45, 7) is 0. The van der Waals surface area contributed by atoms with Crippen molar-refractivity contribution >= 4 is 11.8 Å². The average molecular weight is 265 g/mol. The molecule has 5 heteroatoms. The number of hydrogen-bond acceptors (Lipinski definition) is 3. The van der Waals surface area contributed by atoms with Crippen molar-refractivity contribution in [3.8, 4) is 0 Å². The molecular formula is C13H16FN3S. The van der Waals surface area contributed by atoms with Crippen molar-refractivity contribution in [1.29, 1.82) is 0 Å². The third kappa shape index (κ3) is 3.85. The largest absolute Gasteiger partial charge is 0.327 e. The first-order valence-corrected chi connectivity index (χ1v) is 6.74. The predicted molar refractivity (Wildman–Crippen MR) is 72.0 cm³/mol. The number of rotatable bonds is 5. The van der Waals surface area contributed by atoms with Gasteiger partial charge < -0.3 is 5.73 Å². The summed E-state index contributed by atoms with van der Waals surface area (Å²) in [5.41, 5.74) is 7.03. The summed E-state index contributed by atoms with van der Waals surface area (Å²) in [6, 6.07) is 8.56. The predicted octanol–water partition coefficient (Wildman–Crippen LogP) is 2.22. The summed E-state index contributed by atoms with van der Waals surface area (Å²) in [6.07, 6.45) is 2.64. The van der Waals surface area contributed by atoms with Crippen molar-refractivity contribution < 1.29 is 4.39 Å². The molecule has 18 heavy (non-hydrogen) atoms. The fraction of sp³-hybridized carbons (Fsp3) is 0.308. The molecule has 2 aromatic rings. The summed E-state index contributed by atoms with van der Waals surface area (Å²) in [7, 11) is 1.89. The first-order chi connectivity index (χ1) is 8.63. The molecule has 0 aliphatic carbocycles. The molecule has 1 heterocycles. The van der Waals surface area contributed by atoms with Gasteiger partial charge in [-0.1, -0.05) is 6.07 Å². The number of hydrogen-bond donors (Lipinski definition) is 1. The van der Waals surface area contributed by atoms with Gasteiger partial charge in [0, 0.05) is 36.4 Å². The molecule has 0 saturated carbocycles. The van der Waals surface area contributed by atoms with Crippen molar-refractivity contribution in [2.24, 2.45) is 12.8 Å². The van der Waals surface area contributed by atoms with E-state index in [0.717, 1.165) is 22.8 Å². The summed E-state index contributed by atoms with van der Waals surface area (Å²) < 4.78 is 14.7. The fourth-order valence-corrected chi connectivity index (χ4v) is 2.55. The van der Waals surface area contributed by atoms with Gasteiger partial charge in [0.05, 0.1) is 5.69 Å². The molecule has 0 radical (unpaired) electrons. The third-order valence-electron chi connectivity index (χ3n) is 2.50. The monoisotopic (exact) mass is 265 g/mol. The summed E-state index contributed by atoms with van der Waals surface area (Å²) >= 11 is 1.57. The van der Waals surface area contributed by atoms with Crippen LogP contribution in [0.2, 0.25) is 0 Å². The van der Waals surface area contributed by atoms with E-state index in [2.05, 4.69) is 5.10 Å². The molecule has 1 unspecified atom stereocenters. The number of nitrogens with zero attached hydrogens (tertiary/aromatic N) is 2. The smallest absolute Gasteiger partial charge is 0.124 e. The molecule has 0 saturated heterocycles. The number of nitrogens with two attached hydrogens (primary N) is 1. The van der Waals surface area contributed by atoms with Crippen molar-refractivity contribution in [1.82, 2.24) is 9.78 Å². The van der Waals surface area contributed by atoms with Gasteiger partial charge in [0.25, 0.3) is 0 Å². The van der Waals surface area contributed by atoms with Gasteiger partial charge in [0.1, 0.15) is 5.82 Å². The van der Waals surface area contributed by atoms with E-state index in [0.29, 0.717) is 0 Å². The van der Waals surface area contributed by atoms with Crippen LogP contribution in [0.4, 0.5) is 4.39 Å². The Hall–Kier alpha value is -1.33. The molecule has 0 bridgehead atoms. The highest BCUT2D eigenvalue weighted by Crippen LogP contribution is 2.19. The Balaban J connectivity index is 1.83. The van der Waals surface area contributed by atoms with E-state index in [1.165, 1.54) is 12.1 Å². The summed E-state index contributed by atoms with van der Waals surface area (Å²) in [5.74, 6) is 0.540. The van der Waals surface area contributed by atoms with Crippen LogP contribution in [0.3, 0.4) is 0 Å². The van der Waals surface area contributed by atoms with Gasteiger partial charge in [0.15, 0.2) is 0 Å². The van der Waals surface area contributed by atoms with Gasteiger partial charge >= 0.3 is 0 Å². The van der Waals surface area contributed by atoms with Crippen LogP contribution in [0.5, 0.6) is 0 Å². The first kappa shape index (κ1) is 13.1. The average Bonchev–Trinajstić information content (AvgIpc) is 2.72. The zero-order valence-corrected chi connectivity index (χ0v) is 11.0. The van der Waals surface area contributed by atoms with Crippen LogP contribution in [0.25, 0.3) is 0 Å². The maximum Gasteiger partial charge on any atom is 0.124 e. The summed E-state index contributed by atoms with van der Waals surface area (Å²) in [5, 5.41) is 4.29. The second kappa shape index (κ2) is 6.02. The van der Waals surface area contributed by atoms with Crippen LogP contribution < -0.4 is 5.73 Å². The Labute approximate surface area is 110 Å². The molecule has 2 N–H and O–H groups in total. The molecule has 1 aromatic heterocycles. The van der Waals surface area contributed by atoms with Gasteiger partial charge in [-0.2, -0.15) is 5.10 Å². The standard InChI is InChI=1S/C13H16FN3S/c1-17-6-5-12(16-17)8-11(15)9-18-13-4-2-3-10(14)7-13/h2-7,11H,8-9,15H2,1H3. The van der Waals surface area contributed by atoms with Crippen LogP contribution in [0.1, 0.15) is 5.69 Å². The molecule has 0 aliphatic heterocycles. The normalized spacial score (nSPS) is 12.6. The lowest BCUT2D eigenvalue weighted by molar-refractivity contribution is 0.624. The number of aryl methyl sites for hydroxylation is 1. The number of thioether (sulfide) groups is 1. The molecule has 0 amide bonds. The van der Waals surface area contributed by atoms with E-state index in [4.69, 9.17) is 5.73 Å². The van der Waals surface area contributed by atoms with Gasteiger partial charge in [0.2, 0.25) is 0 Å². The van der Waals surface area contributed by atoms with E-state index >= 15 is 0 Å². The highest BCUT2D eigenvalue weighted by molar-refractivity contribution is 7.99. The van der Waals surface area contributed by atoms with Crippen LogP contribution in [0.15, 0.2) is 41.4 Å². The number of aromatic nitrogens is 2. The van der Waals surface area contributed by atoms with Crippen molar-refractivity contribution in [2.75, 3.05) is 5.75 Å². The quantitative estimate of drug-likeness (QED) is 0.843. The minimum Gasteiger partial charge on any atom is -0.327 e. The van der Waals surface area contributed by atoms with E-state index in [1.54, 1.807) is 22.5 Å². The lowest BCUT2D eigenvalue weighted by atomic mass is 10.2. The number of halogens is 1. The molecule has 96 valence electrons. The van der Waals surface area contributed by atoms with Crippen molar-refractivity contribution in [3.05, 3.63) is 48.0 Å². The summed E-state index contributed by atoms with van der Waals surface area (Å²) in [4.78, 5) is 0.909. The Morgan fingerprint density at radius 3 is 2.94 bits per heavy atom.